The van der Waals surface area contributed by atoms with Gasteiger partial charge in [-0.2, -0.15) is 0 Å². The number of rotatable bonds is 4. The molecule has 2 N–H and O–H groups in total. The molecule has 0 saturated carbocycles. The van der Waals surface area contributed by atoms with E-state index in [1.54, 1.807) is 22.8 Å². The Morgan fingerprint density at radius 1 is 1.30 bits per heavy atom. The summed E-state index contributed by atoms with van der Waals surface area (Å²) in [4.78, 5) is 1.08. The Labute approximate surface area is 131 Å². The van der Waals surface area contributed by atoms with Crippen molar-refractivity contribution in [3.63, 3.8) is 0 Å². The number of nitrogens with zero attached hydrogens (tertiary/aromatic N) is 1. The average molecular weight is 355 g/mol. The fraction of sp³-hybridized carbons (Fsp3) is 0.200. The van der Waals surface area contributed by atoms with E-state index in [1.807, 2.05) is 38.2 Å². The van der Waals surface area contributed by atoms with Crippen LogP contribution in [-0.2, 0) is 5.75 Å². The van der Waals surface area contributed by atoms with E-state index in [4.69, 9.17) is 5.84 Å². The molecule has 2 aromatic carbocycles. The van der Waals surface area contributed by atoms with Crippen LogP contribution in [0, 0.1) is 12.7 Å². The largest absolute Gasteiger partial charge is 0.313 e. The third kappa shape index (κ3) is 3.53. The smallest absolute Gasteiger partial charge is 0.123 e. The molecule has 0 bridgehead atoms. The van der Waals surface area contributed by atoms with Crippen molar-refractivity contribution < 1.29 is 4.39 Å². The monoisotopic (exact) mass is 354 g/mol. The number of benzene rings is 2. The number of hydrazine groups is 1. The van der Waals surface area contributed by atoms with Crippen molar-refractivity contribution >= 4 is 33.4 Å². The fourth-order valence-electron chi connectivity index (χ4n) is 1.89. The zero-order chi connectivity index (χ0) is 14.7. The first kappa shape index (κ1) is 15.4. The van der Waals surface area contributed by atoms with Crippen LogP contribution in [0.1, 0.15) is 11.1 Å². The molecule has 0 heterocycles. The van der Waals surface area contributed by atoms with Crippen LogP contribution >= 0.6 is 27.7 Å². The molecule has 5 heteroatoms. The molecule has 0 radical (unpaired) electrons. The van der Waals surface area contributed by atoms with E-state index in [9.17, 15) is 4.39 Å². The fourth-order valence-corrected chi connectivity index (χ4v) is 3.78. The number of hydrogen-bond acceptors (Lipinski definition) is 3. The van der Waals surface area contributed by atoms with Gasteiger partial charge in [0.05, 0.1) is 5.69 Å². The van der Waals surface area contributed by atoms with Gasteiger partial charge in [-0.1, -0.05) is 12.1 Å². The molecule has 106 valence electrons. The summed E-state index contributed by atoms with van der Waals surface area (Å²) >= 11 is 5.24. The quantitative estimate of drug-likeness (QED) is 0.498. The SMILES string of the molecule is Cc1cc(F)ccc1CSc1c(Br)cccc1N(C)N. The number of aryl methyl sites for hydroxylation is 1. The van der Waals surface area contributed by atoms with E-state index in [2.05, 4.69) is 15.9 Å². The summed E-state index contributed by atoms with van der Waals surface area (Å²) in [5.41, 5.74) is 3.05. The zero-order valence-corrected chi connectivity index (χ0v) is 13.8. The van der Waals surface area contributed by atoms with Gasteiger partial charge in [0.2, 0.25) is 0 Å². The Bertz CT molecular complexity index is 617. The van der Waals surface area contributed by atoms with Gasteiger partial charge in [-0.25, -0.2) is 10.2 Å². The van der Waals surface area contributed by atoms with E-state index >= 15 is 0 Å². The van der Waals surface area contributed by atoms with Crippen molar-refractivity contribution in [2.75, 3.05) is 12.1 Å². The molecule has 0 aromatic heterocycles. The van der Waals surface area contributed by atoms with Crippen LogP contribution < -0.4 is 10.9 Å². The second-order valence-corrected chi connectivity index (χ2v) is 6.40. The average Bonchev–Trinajstić information content (AvgIpc) is 2.38. The molecule has 0 atom stereocenters. The summed E-state index contributed by atoms with van der Waals surface area (Å²) in [5.74, 6) is 6.43. The summed E-state index contributed by atoms with van der Waals surface area (Å²) in [5, 5.41) is 1.60. The second kappa shape index (κ2) is 6.61. The first-order chi connectivity index (χ1) is 9.49. The molecular weight excluding hydrogens is 339 g/mol. The Kier molecular flexibility index (Phi) is 5.07. The molecule has 0 aliphatic heterocycles. The van der Waals surface area contributed by atoms with Crippen molar-refractivity contribution in [3.8, 4) is 0 Å². The first-order valence-electron chi connectivity index (χ1n) is 6.14. The van der Waals surface area contributed by atoms with E-state index in [0.29, 0.717) is 0 Å². The van der Waals surface area contributed by atoms with Crippen molar-refractivity contribution in [2.45, 2.75) is 17.6 Å². The summed E-state index contributed by atoms with van der Waals surface area (Å²) in [6.45, 7) is 1.93. The molecule has 0 fully saturated rings. The third-order valence-corrected chi connectivity index (χ3v) is 5.10. The number of anilines is 1. The van der Waals surface area contributed by atoms with E-state index in [0.717, 1.165) is 31.9 Å². The van der Waals surface area contributed by atoms with Crippen LogP contribution in [0.5, 0.6) is 0 Å². The number of halogens is 2. The lowest BCUT2D eigenvalue weighted by molar-refractivity contribution is 0.626. The van der Waals surface area contributed by atoms with Crippen LogP contribution in [0.15, 0.2) is 45.8 Å². The maximum absolute atomic E-state index is 13.1. The first-order valence-corrected chi connectivity index (χ1v) is 7.91. The van der Waals surface area contributed by atoms with Gasteiger partial charge < -0.3 is 5.01 Å². The highest BCUT2D eigenvalue weighted by Gasteiger charge is 2.10. The zero-order valence-electron chi connectivity index (χ0n) is 11.4. The maximum atomic E-state index is 13.1. The topological polar surface area (TPSA) is 29.3 Å². The predicted octanol–water partition coefficient (Wildman–Crippen LogP) is 4.50. The lowest BCUT2D eigenvalue weighted by atomic mass is 10.1. The number of hydrogen-bond donors (Lipinski definition) is 1. The molecule has 2 nitrogen and oxygen atoms in total. The van der Waals surface area contributed by atoms with Crippen molar-refractivity contribution in [3.05, 3.63) is 57.8 Å². The number of nitrogens with two attached hydrogens (primary N) is 1. The third-order valence-electron chi connectivity index (χ3n) is 3.00. The molecule has 0 amide bonds. The van der Waals surface area contributed by atoms with Crippen molar-refractivity contribution in [2.24, 2.45) is 5.84 Å². The summed E-state index contributed by atoms with van der Waals surface area (Å²) in [6, 6.07) is 10.8. The lowest BCUT2D eigenvalue weighted by Gasteiger charge is -2.18. The second-order valence-electron chi connectivity index (χ2n) is 4.56. The van der Waals surface area contributed by atoms with Crippen LogP contribution in [-0.4, -0.2) is 7.05 Å². The molecule has 0 aliphatic carbocycles. The van der Waals surface area contributed by atoms with Gasteiger partial charge in [-0.3, -0.25) is 0 Å². The molecular formula is C15H16BrFN2S. The Morgan fingerprint density at radius 3 is 2.70 bits per heavy atom. The number of thioether (sulfide) groups is 1. The molecule has 0 aliphatic rings. The Balaban J connectivity index is 2.23. The van der Waals surface area contributed by atoms with Gasteiger partial charge in [0.1, 0.15) is 5.82 Å². The molecule has 0 spiro atoms. The lowest BCUT2D eigenvalue weighted by Crippen LogP contribution is -2.25. The standard InChI is InChI=1S/C15H16BrFN2S/c1-10-8-12(17)7-6-11(10)9-20-15-13(16)4-3-5-14(15)19(2)18/h3-8H,9,18H2,1-2H3. The molecule has 2 rings (SSSR count). The minimum absolute atomic E-state index is 0.195. The molecule has 0 saturated heterocycles. The van der Waals surface area contributed by atoms with Gasteiger partial charge in [0, 0.05) is 22.2 Å². The highest BCUT2D eigenvalue weighted by Crippen LogP contribution is 2.37. The highest BCUT2D eigenvalue weighted by molar-refractivity contribution is 9.10. The summed E-state index contributed by atoms with van der Waals surface area (Å²) in [7, 11) is 1.81. The molecule has 2 aromatic rings. The molecule has 0 unspecified atom stereocenters. The van der Waals surface area contributed by atoms with Gasteiger partial charge in [-0.15, -0.1) is 11.8 Å². The maximum Gasteiger partial charge on any atom is 0.123 e. The summed E-state index contributed by atoms with van der Waals surface area (Å²) < 4.78 is 14.1. The predicted molar refractivity (Wildman–Crippen MR) is 87.4 cm³/mol. The Hall–Kier alpha value is -1.04. The van der Waals surface area contributed by atoms with Crippen molar-refractivity contribution in [1.82, 2.24) is 0 Å². The van der Waals surface area contributed by atoms with Crippen LogP contribution in [0.3, 0.4) is 0 Å². The van der Waals surface area contributed by atoms with Gasteiger partial charge in [0.25, 0.3) is 0 Å². The van der Waals surface area contributed by atoms with Gasteiger partial charge >= 0.3 is 0 Å². The van der Waals surface area contributed by atoms with Crippen LogP contribution in [0.2, 0.25) is 0 Å². The van der Waals surface area contributed by atoms with Crippen molar-refractivity contribution in [1.29, 1.82) is 0 Å². The summed E-state index contributed by atoms with van der Waals surface area (Å²) in [6.07, 6.45) is 0. The highest BCUT2D eigenvalue weighted by atomic mass is 79.9. The van der Waals surface area contributed by atoms with E-state index in [1.165, 1.54) is 6.07 Å². The van der Waals surface area contributed by atoms with Crippen LogP contribution in [0.4, 0.5) is 10.1 Å². The van der Waals surface area contributed by atoms with Crippen LogP contribution in [0.25, 0.3) is 0 Å². The van der Waals surface area contributed by atoms with E-state index < -0.39 is 0 Å². The van der Waals surface area contributed by atoms with E-state index in [-0.39, 0.29) is 5.82 Å². The molecule has 20 heavy (non-hydrogen) atoms. The minimum Gasteiger partial charge on any atom is -0.313 e. The minimum atomic E-state index is -0.195. The Morgan fingerprint density at radius 2 is 2.05 bits per heavy atom. The van der Waals surface area contributed by atoms with Gasteiger partial charge in [0.15, 0.2) is 0 Å². The van der Waals surface area contributed by atoms with Gasteiger partial charge in [-0.05, 0) is 58.2 Å². The normalized spacial score (nSPS) is 10.7.